The summed E-state index contributed by atoms with van der Waals surface area (Å²) in [4.78, 5) is 12.9. The Kier molecular flexibility index (Phi) is 5.69. The molecule has 1 rings (SSSR count). The van der Waals surface area contributed by atoms with Gasteiger partial charge in [0.05, 0.1) is 0 Å². The van der Waals surface area contributed by atoms with E-state index in [1.807, 2.05) is 0 Å². The minimum atomic E-state index is -1.09. The fourth-order valence-corrected chi connectivity index (χ4v) is 1.88. The number of aromatic carboxylic acids is 1. The van der Waals surface area contributed by atoms with Crippen LogP contribution in [0.4, 0.5) is 0 Å². The van der Waals surface area contributed by atoms with Crippen LogP contribution in [0.2, 0.25) is 0 Å². The first kappa shape index (κ1) is 15.4. The van der Waals surface area contributed by atoms with Crippen molar-refractivity contribution in [1.82, 2.24) is 15.1 Å². The Morgan fingerprint density at radius 1 is 1.26 bits per heavy atom. The van der Waals surface area contributed by atoms with E-state index in [9.17, 15) is 4.79 Å². The van der Waals surface area contributed by atoms with Crippen LogP contribution in [-0.4, -0.2) is 51.4 Å². The molecule has 0 saturated heterocycles. The zero-order valence-corrected chi connectivity index (χ0v) is 11.8. The van der Waals surface area contributed by atoms with Gasteiger partial charge in [0.15, 0.2) is 5.69 Å². The molecule has 0 aliphatic rings. The van der Waals surface area contributed by atoms with Gasteiger partial charge in [-0.15, -0.1) is 10.2 Å². The van der Waals surface area contributed by atoms with Gasteiger partial charge in [-0.3, -0.25) is 4.90 Å². The molecule has 6 nitrogen and oxygen atoms in total. The van der Waals surface area contributed by atoms with Gasteiger partial charge in [0.1, 0.15) is 6.61 Å². The van der Waals surface area contributed by atoms with Gasteiger partial charge in [-0.25, -0.2) is 4.79 Å². The van der Waals surface area contributed by atoms with Crippen LogP contribution in [0.25, 0.3) is 0 Å². The highest BCUT2D eigenvalue weighted by Gasteiger charge is 2.13. The van der Waals surface area contributed by atoms with Crippen LogP contribution in [0.15, 0.2) is 12.1 Å². The van der Waals surface area contributed by atoms with Crippen molar-refractivity contribution in [3.63, 3.8) is 0 Å². The average Bonchev–Trinajstić information content (AvgIpc) is 2.34. The first-order valence-electron chi connectivity index (χ1n) is 6.37. The molecular formula is C13H21N3O3. The van der Waals surface area contributed by atoms with Crippen LogP contribution in [-0.2, 0) is 0 Å². The molecule has 0 radical (unpaired) electrons. The second kappa shape index (κ2) is 7.04. The first-order chi connectivity index (χ1) is 8.91. The van der Waals surface area contributed by atoms with E-state index < -0.39 is 5.97 Å². The maximum atomic E-state index is 10.6. The van der Waals surface area contributed by atoms with Gasteiger partial charge in [0.2, 0.25) is 5.88 Å². The van der Waals surface area contributed by atoms with Crippen molar-refractivity contribution in [3.05, 3.63) is 17.8 Å². The molecule has 0 spiro atoms. The van der Waals surface area contributed by atoms with E-state index in [1.54, 1.807) is 0 Å². The van der Waals surface area contributed by atoms with E-state index in [2.05, 4.69) is 42.8 Å². The number of hydrogen-bond acceptors (Lipinski definition) is 5. The van der Waals surface area contributed by atoms with Gasteiger partial charge in [0, 0.05) is 24.7 Å². The third-order valence-corrected chi connectivity index (χ3v) is 2.79. The quantitative estimate of drug-likeness (QED) is 0.810. The molecule has 0 aliphatic heterocycles. The number of carbonyl (C=O) groups is 1. The lowest BCUT2D eigenvalue weighted by Gasteiger charge is -2.30. The Hall–Kier alpha value is -1.69. The Morgan fingerprint density at radius 3 is 2.32 bits per heavy atom. The van der Waals surface area contributed by atoms with E-state index in [1.165, 1.54) is 12.1 Å². The van der Waals surface area contributed by atoms with Crippen LogP contribution in [0.5, 0.6) is 5.88 Å². The minimum Gasteiger partial charge on any atom is -0.476 e. The summed E-state index contributed by atoms with van der Waals surface area (Å²) < 4.78 is 5.46. The second-order valence-electron chi connectivity index (χ2n) is 4.84. The molecule has 0 aliphatic carbocycles. The van der Waals surface area contributed by atoms with Gasteiger partial charge in [-0.05, 0) is 33.8 Å². The molecule has 106 valence electrons. The molecule has 0 unspecified atom stereocenters. The predicted molar refractivity (Wildman–Crippen MR) is 71.5 cm³/mol. The summed E-state index contributed by atoms with van der Waals surface area (Å²) in [5.74, 6) is -0.748. The zero-order valence-electron chi connectivity index (χ0n) is 11.8. The first-order valence-corrected chi connectivity index (χ1v) is 6.37. The van der Waals surface area contributed by atoms with Gasteiger partial charge in [0.25, 0.3) is 0 Å². The fraction of sp³-hybridized carbons (Fsp3) is 0.615. The van der Waals surface area contributed by atoms with Crippen molar-refractivity contribution >= 4 is 5.97 Å². The van der Waals surface area contributed by atoms with Crippen LogP contribution in [0.3, 0.4) is 0 Å². The number of carboxylic acids is 1. The van der Waals surface area contributed by atoms with Crippen LogP contribution >= 0.6 is 0 Å². The zero-order chi connectivity index (χ0) is 14.4. The standard InChI is InChI=1S/C13H21N3O3/c1-9(2)16(10(3)4)7-8-19-12-6-5-11(13(17)18)14-15-12/h5-6,9-10H,7-8H2,1-4H3,(H,17,18). The third kappa shape index (κ3) is 4.82. The van der Waals surface area contributed by atoms with Crippen LogP contribution in [0.1, 0.15) is 38.2 Å². The van der Waals surface area contributed by atoms with Crippen molar-refractivity contribution in [2.45, 2.75) is 39.8 Å². The summed E-state index contributed by atoms with van der Waals surface area (Å²) >= 11 is 0. The van der Waals surface area contributed by atoms with E-state index in [4.69, 9.17) is 9.84 Å². The molecule has 0 atom stereocenters. The van der Waals surface area contributed by atoms with Crippen molar-refractivity contribution in [2.75, 3.05) is 13.2 Å². The van der Waals surface area contributed by atoms with Crippen molar-refractivity contribution in [3.8, 4) is 5.88 Å². The van der Waals surface area contributed by atoms with Crippen molar-refractivity contribution in [1.29, 1.82) is 0 Å². The number of hydrogen-bond donors (Lipinski definition) is 1. The van der Waals surface area contributed by atoms with Gasteiger partial charge in [-0.1, -0.05) is 0 Å². The summed E-state index contributed by atoms with van der Waals surface area (Å²) in [6, 6.07) is 3.80. The largest absolute Gasteiger partial charge is 0.476 e. The lowest BCUT2D eigenvalue weighted by Crippen LogP contribution is -2.39. The predicted octanol–water partition coefficient (Wildman–Crippen LogP) is 1.67. The van der Waals surface area contributed by atoms with Crippen LogP contribution in [0, 0.1) is 0 Å². The van der Waals surface area contributed by atoms with E-state index in [0.717, 1.165) is 6.54 Å². The average molecular weight is 267 g/mol. The number of aromatic nitrogens is 2. The summed E-state index contributed by atoms with van der Waals surface area (Å²) in [5, 5.41) is 16.0. The van der Waals surface area contributed by atoms with Gasteiger partial charge in [-0.2, -0.15) is 0 Å². The summed E-state index contributed by atoms with van der Waals surface area (Å²) in [6.07, 6.45) is 0. The molecule has 1 N–H and O–H groups in total. The van der Waals surface area contributed by atoms with Gasteiger partial charge < -0.3 is 9.84 Å². The number of nitrogens with zero attached hydrogens (tertiary/aromatic N) is 3. The van der Waals surface area contributed by atoms with Gasteiger partial charge >= 0.3 is 5.97 Å². The fourth-order valence-electron chi connectivity index (χ4n) is 1.88. The maximum Gasteiger partial charge on any atom is 0.356 e. The minimum absolute atomic E-state index is 0.0849. The molecular weight excluding hydrogens is 246 g/mol. The Morgan fingerprint density at radius 2 is 1.89 bits per heavy atom. The molecule has 1 aromatic rings. The van der Waals surface area contributed by atoms with Crippen molar-refractivity contribution in [2.24, 2.45) is 0 Å². The molecule has 0 fully saturated rings. The number of ether oxygens (including phenoxy) is 1. The molecule has 0 saturated carbocycles. The number of rotatable bonds is 7. The lowest BCUT2D eigenvalue weighted by atomic mass is 10.2. The highest BCUT2D eigenvalue weighted by Crippen LogP contribution is 2.07. The summed E-state index contributed by atoms with van der Waals surface area (Å²) in [6.45, 7) is 9.85. The van der Waals surface area contributed by atoms with E-state index >= 15 is 0 Å². The molecule has 0 bridgehead atoms. The van der Waals surface area contributed by atoms with E-state index in [-0.39, 0.29) is 5.69 Å². The molecule has 1 aromatic heterocycles. The normalized spacial score (nSPS) is 11.3. The monoisotopic (exact) mass is 267 g/mol. The topological polar surface area (TPSA) is 75.5 Å². The second-order valence-corrected chi connectivity index (χ2v) is 4.84. The summed E-state index contributed by atoms with van der Waals surface area (Å²) in [5.41, 5.74) is -0.0849. The Balaban J connectivity index is 2.46. The van der Waals surface area contributed by atoms with Crippen molar-refractivity contribution < 1.29 is 14.6 Å². The Labute approximate surface area is 113 Å². The van der Waals surface area contributed by atoms with Crippen LogP contribution < -0.4 is 4.74 Å². The molecule has 6 heteroatoms. The summed E-state index contributed by atoms with van der Waals surface area (Å²) in [7, 11) is 0. The van der Waals surface area contributed by atoms with E-state index in [0.29, 0.717) is 24.6 Å². The molecule has 19 heavy (non-hydrogen) atoms. The molecule has 1 heterocycles. The smallest absolute Gasteiger partial charge is 0.356 e. The third-order valence-electron chi connectivity index (χ3n) is 2.79. The lowest BCUT2D eigenvalue weighted by molar-refractivity contribution is 0.0688. The molecule has 0 aromatic carbocycles. The highest BCUT2D eigenvalue weighted by molar-refractivity contribution is 5.84. The highest BCUT2D eigenvalue weighted by atomic mass is 16.5. The maximum absolute atomic E-state index is 10.6. The molecule has 0 amide bonds. The number of carboxylic acid groups (broad SMARTS) is 1. The Bertz CT molecular complexity index is 396. The SMILES string of the molecule is CC(C)N(CCOc1ccc(C(=O)O)nn1)C(C)C.